The van der Waals surface area contributed by atoms with E-state index in [0.29, 0.717) is 13.2 Å². The molecule has 7 heteroatoms. The summed E-state index contributed by atoms with van der Waals surface area (Å²) in [6.07, 6.45) is 5.04. The Bertz CT molecular complexity index is 681. The van der Waals surface area contributed by atoms with E-state index in [2.05, 4.69) is 39.7 Å². The quantitative estimate of drug-likeness (QED) is 0.194. The number of nitrogens with one attached hydrogen (secondary N) is 2. The lowest BCUT2D eigenvalue weighted by Crippen LogP contribution is -2.37. The molecule has 0 atom stereocenters. The zero-order valence-electron chi connectivity index (χ0n) is 17.4. The first-order chi connectivity index (χ1) is 13.8. The molecule has 6 nitrogen and oxygen atoms in total. The summed E-state index contributed by atoms with van der Waals surface area (Å²) in [7, 11) is 1.78. The standard InChI is InChI=1S/C22H32N4O2.HI/c1-3-4-15-27-16-7-14-25-22(23-2)26-17-19-9-11-21(12-10-19)28-18-20-8-5-6-13-24-20;/h5-6,8-13H,3-4,7,14-18H2,1-2H3,(H2,23,25,26);1H. The van der Waals surface area contributed by atoms with Crippen molar-refractivity contribution in [3.05, 3.63) is 59.9 Å². The van der Waals surface area contributed by atoms with E-state index in [1.807, 2.05) is 30.3 Å². The highest BCUT2D eigenvalue weighted by Gasteiger charge is 2.00. The Hall–Kier alpha value is -1.87. The van der Waals surface area contributed by atoms with Gasteiger partial charge in [-0.1, -0.05) is 31.5 Å². The number of benzene rings is 1. The highest BCUT2D eigenvalue weighted by molar-refractivity contribution is 14.0. The normalized spacial score (nSPS) is 10.9. The number of aliphatic imine (C=N–C) groups is 1. The van der Waals surface area contributed by atoms with Crippen LogP contribution in [0.2, 0.25) is 0 Å². The Morgan fingerprint density at radius 3 is 2.52 bits per heavy atom. The minimum Gasteiger partial charge on any atom is -0.487 e. The Kier molecular flexibility index (Phi) is 13.9. The van der Waals surface area contributed by atoms with Crippen molar-refractivity contribution in [3.8, 4) is 5.75 Å². The lowest BCUT2D eigenvalue weighted by molar-refractivity contribution is 0.129. The molecule has 0 bridgehead atoms. The Morgan fingerprint density at radius 2 is 1.83 bits per heavy atom. The van der Waals surface area contributed by atoms with E-state index in [1.54, 1.807) is 13.2 Å². The average molecular weight is 512 g/mol. The van der Waals surface area contributed by atoms with Gasteiger partial charge in [0.25, 0.3) is 0 Å². The highest BCUT2D eigenvalue weighted by Crippen LogP contribution is 2.13. The first-order valence-electron chi connectivity index (χ1n) is 9.95. The fourth-order valence-corrected chi connectivity index (χ4v) is 2.48. The van der Waals surface area contributed by atoms with E-state index in [-0.39, 0.29) is 24.0 Å². The van der Waals surface area contributed by atoms with Crippen LogP contribution in [0.15, 0.2) is 53.7 Å². The van der Waals surface area contributed by atoms with Crippen LogP contribution in [0, 0.1) is 0 Å². The SMILES string of the molecule is CCCCOCCCNC(=NC)NCc1ccc(OCc2ccccn2)cc1.I. The summed E-state index contributed by atoms with van der Waals surface area (Å²) in [4.78, 5) is 8.51. The average Bonchev–Trinajstić information content (AvgIpc) is 2.75. The van der Waals surface area contributed by atoms with Crippen molar-refractivity contribution < 1.29 is 9.47 Å². The van der Waals surface area contributed by atoms with Crippen LogP contribution in [0.5, 0.6) is 5.75 Å². The third-order valence-corrected chi connectivity index (χ3v) is 4.12. The predicted molar refractivity (Wildman–Crippen MR) is 129 cm³/mol. The molecule has 0 aliphatic heterocycles. The Labute approximate surface area is 191 Å². The van der Waals surface area contributed by atoms with Gasteiger partial charge in [-0.05, 0) is 42.7 Å². The summed E-state index contributed by atoms with van der Waals surface area (Å²) in [6.45, 7) is 5.81. The van der Waals surface area contributed by atoms with Crippen molar-refractivity contribution in [1.29, 1.82) is 0 Å². The van der Waals surface area contributed by atoms with Crippen molar-refractivity contribution in [2.75, 3.05) is 26.8 Å². The Morgan fingerprint density at radius 1 is 1.03 bits per heavy atom. The van der Waals surface area contributed by atoms with Gasteiger partial charge in [0, 0.05) is 39.5 Å². The molecule has 160 valence electrons. The third kappa shape index (κ3) is 11.0. The van der Waals surface area contributed by atoms with Crippen LogP contribution >= 0.6 is 24.0 Å². The number of aromatic nitrogens is 1. The molecular formula is C22H33IN4O2. The number of halogens is 1. The number of hydrogen-bond donors (Lipinski definition) is 2. The lowest BCUT2D eigenvalue weighted by atomic mass is 10.2. The molecule has 29 heavy (non-hydrogen) atoms. The molecule has 0 unspecified atom stereocenters. The van der Waals surface area contributed by atoms with Crippen molar-refractivity contribution in [2.45, 2.75) is 39.3 Å². The maximum Gasteiger partial charge on any atom is 0.191 e. The second-order valence-corrected chi connectivity index (χ2v) is 6.43. The van der Waals surface area contributed by atoms with Crippen molar-refractivity contribution in [3.63, 3.8) is 0 Å². The van der Waals surface area contributed by atoms with Crippen LogP contribution in [0.1, 0.15) is 37.4 Å². The summed E-state index contributed by atoms with van der Waals surface area (Å²) in [5.41, 5.74) is 2.08. The van der Waals surface area contributed by atoms with Crippen LogP contribution in [-0.2, 0) is 17.9 Å². The zero-order chi connectivity index (χ0) is 19.9. The predicted octanol–water partition coefficient (Wildman–Crippen LogP) is 4.15. The number of ether oxygens (including phenoxy) is 2. The smallest absolute Gasteiger partial charge is 0.191 e. The van der Waals surface area contributed by atoms with Gasteiger partial charge in [0.1, 0.15) is 12.4 Å². The van der Waals surface area contributed by atoms with E-state index in [9.17, 15) is 0 Å². The Balaban J connectivity index is 0.00000420. The van der Waals surface area contributed by atoms with Gasteiger partial charge in [-0.25, -0.2) is 0 Å². The third-order valence-electron chi connectivity index (χ3n) is 4.12. The van der Waals surface area contributed by atoms with Gasteiger partial charge in [0.05, 0.1) is 5.69 Å². The summed E-state index contributed by atoms with van der Waals surface area (Å²) in [6, 6.07) is 13.9. The molecule has 1 aromatic heterocycles. The number of guanidine groups is 1. The molecule has 0 saturated carbocycles. The molecule has 0 amide bonds. The summed E-state index contributed by atoms with van der Waals surface area (Å²) >= 11 is 0. The van der Waals surface area contributed by atoms with Crippen LogP contribution in [0.25, 0.3) is 0 Å². The van der Waals surface area contributed by atoms with Gasteiger partial charge < -0.3 is 20.1 Å². The molecule has 0 aliphatic rings. The van der Waals surface area contributed by atoms with Gasteiger partial charge in [0.2, 0.25) is 0 Å². The van der Waals surface area contributed by atoms with Crippen LogP contribution in [-0.4, -0.2) is 37.7 Å². The van der Waals surface area contributed by atoms with Gasteiger partial charge in [-0.15, -0.1) is 24.0 Å². The van der Waals surface area contributed by atoms with Gasteiger partial charge in [-0.3, -0.25) is 9.98 Å². The van der Waals surface area contributed by atoms with E-state index in [0.717, 1.165) is 55.6 Å². The largest absolute Gasteiger partial charge is 0.487 e. The maximum atomic E-state index is 5.76. The molecular weight excluding hydrogens is 479 g/mol. The van der Waals surface area contributed by atoms with E-state index >= 15 is 0 Å². The molecule has 0 spiro atoms. The molecule has 1 heterocycles. The molecule has 2 aromatic rings. The number of rotatable bonds is 12. The summed E-state index contributed by atoms with van der Waals surface area (Å²) in [5.74, 6) is 1.63. The molecule has 1 aromatic carbocycles. The lowest BCUT2D eigenvalue weighted by Gasteiger charge is -2.12. The minimum atomic E-state index is 0. The number of unbranched alkanes of at least 4 members (excludes halogenated alkanes) is 1. The van der Waals surface area contributed by atoms with Crippen molar-refractivity contribution in [1.82, 2.24) is 15.6 Å². The summed E-state index contributed by atoms with van der Waals surface area (Å²) < 4.78 is 11.3. The van der Waals surface area contributed by atoms with Crippen LogP contribution in [0.3, 0.4) is 0 Å². The molecule has 0 radical (unpaired) electrons. The second kappa shape index (κ2) is 16.0. The summed E-state index contributed by atoms with van der Waals surface area (Å²) in [5, 5.41) is 6.63. The number of nitrogens with zero attached hydrogens (tertiary/aromatic N) is 2. The number of hydrogen-bond acceptors (Lipinski definition) is 4. The fraction of sp³-hybridized carbons (Fsp3) is 0.455. The molecule has 2 rings (SSSR count). The minimum absolute atomic E-state index is 0. The van der Waals surface area contributed by atoms with Gasteiger partial charge >= 0.3 is 0 Å². The van der Waals surface area contributed by atoms with Gasteiger partial charge in [-0.2, -0.15) is 0 Å². The van der Waals surface area contributed by atoms with Crippen molar-refractivity contribution >= 4 is 29.9 Å². The second-order valence-electron chi connectivity index (χ2n) is 6.43. The van der Waals surface area contributed by atoms with E-state index in [1.165, 1.54) is 6.42 Å². The molecule has 0 fully saturated rings. The first kappa shape index (κ1) is 25.2. The van der Waals surface area contributed by atoms with E-state index < -0.39 is 0 Å². The molecule has 0 aliphatic carbocycles. The van der Waals surface area contributed by atoms with E-state index in [4.69, 9.17) is 9.47 Å². The topological polar surface area (TPSA) is 67.8 Å². The van der Waals surface area contributed by atoms with Crippen LogP contribution < -0.4 is 15.4 Å². The molecule has 0 saturated heterocycles. The monoisotopic (exact) mass is 512 g/mol. The van der Waals surface area contributed by atoms with Crippen molar-refractivity contribution in [2.24, 2.45) is 4.99 Å². The first-order valence-corrected chi connectivity index (χ1v) is 9.95. The zero-order valence-corrected chi connectivity index (χ0v) is 19.7. The number of pyridine rings is 1. The van der Waals surface area contributed by atoms with Crippen LogP contribution in [0.4, 0.5) is 0 Å². The maximum absolute atomic E-state index is 5.76. The fourth-order valence-electron chi connectivity index (χ4n) is 2.48. The molecule has 2 N–H and O–H groups in total. The van der Waals surface area contributed by atoms with Gasteiger partial charge in [0.15, 0.2) is 5.96 Å². The highest BCUT2D eigenvalue weighted by atomic mass is 127.